The summed E-state index contributed by atoms with van der Waals surface area (Å²) < 4.78 is 6.95. The molecule has 0 radical (unpaired) electrons. The maximum Gasteiger partial charge on any atom is 0.327 e. The number of ether oxygens (including phenoxy) is 1. The molecule has 1 aromatic heterocycles. The fourth-order valence-corrected chi connectivity index (χ4v) is 4.25. The van der Waals surface area contributed by atoms with Crippen LogP contribution >= 0.6 is 0 Å². The molecule has 0 atom stereocenters. The van der Waals surface area contributed by atoms with Gasteiger partial charge in [0.15, 0.2) is 0 Å². The molecular weight excluding hydrogens is 378 g/mol. The molecule has 0 bridgehead atoms. The fraction of sp³-hybridized carbons (Fsp3) is 0.391. The lowest BCUT2D eigenvalue weighted by molar-refractivity contribution is -0.0660. The van der Waals surface area contributed by atoms with Crippen molar-refractivity contribution in [3.63, 3.8) is 0 Å². The molecule has 1 N–H and O–H groups in total. The molecule has 5 rings (SSSR count). The number of hydrogen-bond donors (Lipinski definition) is 1. The van der Waals surface area contributed by atoms with E-state index in [1.54, 1.807) is 10.9 Å². The number of anilines is 1. The number of nitrogens with zero attached hydrogens (tertiary/aromatic N) is 4. The predicted molar refractivity (Wildman–Crippen MR) is 117 cm³/mol. The van der Waals surface area contributed by atoms with Crippen LogP contribution in [0, 0.1) is 0 Å². The zero-order valence-electron chi connectivity index (χ0n) is 17.0. The topological polar surface area (TPSA) is 62.6 Å². The van der Waals surface area contributed by atoms with Crippen LogP contribution < -0.4 is 10.2 Å². The van der Waals surface area contributed by atoms with E-state index < -0.39 is 0 Å². The van der Waals surface area contributed by atoms with Crippen molar-refractivity contribution in [1.82, 2.24) is 19.8 Å². The highest BCUT2D eigenvalue weighted by molar-refractivity contribution is 5.95. The Balaban J connectivity index is 1.26. The molecule has 2 fully saturated rings. The summed E-state index contributed by atoms with van der Waals surface area (Å²) in [6.07, 6.45) is 2.44. The maximum atomic E-state index is 12.7. The fourth-order valence-electron chi connectivity index (χ4n) is 4.25. The Hall–Kier alpha value is -2.90. The Morgan fingerprint density at radius 2 is 1.83 bits per heavy atom. The first-order valence-electron chi connectivity index (χ1n) is 10.6. The van der Waals surface area contributed by atoms with Crippen molar-refractivity contribution < 1.29 is 9.53 Å². The van der Waals surface area contributed by atoms with E-state index in [-0.39, 0.29) is 6.03 Å². The Morgan fingerprint density at radius 3 is 2.57 bits per heavy atom. The SMILES string of the molecule is O=C(NCCc1ccccc1)n1cnc2c(N3CCN(C4COC4)CC3)cccc21. The summed E-state index contributed by atoms with van der Waals surface area (Å²) in [6, 6.07) is 16.7. The lowest BCUT2D eigenvalue weighted by Crippen LogP contribution is -2.56. The summed E-state index contributed by atoms with van der Waals surface area (Å²) in [6.45, 7) is 6.31. The van der Waals surface area contributed by atoms with E-state index in [1.807, 2.05) is 30.3 Å². The Kier molecular flexibility index (Phi) is 5.38. The minimum atomic E-state index is -0.139. The van der Waals surface area contributed by atoms with E-state index in [9.17, 15) is 4.79 Å². The first-order chi connectivity index (χ1) is 14.8. The summed E-state index contributed by atoms with van der Waals surface area (Å²) in [5.41, 5.74) is 4.05. The van der Waals surface area contributed by atoms with Crippen LogP contribution in [-0.2, 0) is 11.2 Å². The summed E-state index contributed by atoms with van der Waals surface area (Å²) in [5.74, 6) is 0. The van der Waals surface area contributed by atoms with Crippen LogP contribution in [0.1, 0.15) is 5.56 Å². The largest absolute Gasteiger partial charge is 0.378 e. The molecule has 2 saturated heterocycles. The van der Waals surface area contributed by atoms with Gasteiger partial charge >= 0.3 is 6.03 Å². The van der Waals surface area contributed by atoms with Crippen molar-refractivity contribution in [2.75, 3.05) is 50.8 Å². The quantitative estimate of drug-likeness (QED) is 0.706. The number of amides is 1. The number of benzene rings is 2. The van der Waals surface area contributed by atoms with Gasteiger partial charge in [-0.25, -0.2) is 9.78 Å². The lowest BCUT2D eigenvalue weighted by atomic mass is 10.1. The highest BCUT2D eigenvalue weighted by Crippen LogP contribution is 2.27. The number of para-hydroxylation sites is 1. The second-order valence-corrected chi connectivity index (χ2v) is 7.94. The maximum absolute atomic E-state index is 12.7. The minimum absolute atomic E-state index is 0.139. The first-order valence-corrected chi connectivity index (χ1v) is 10.6. The third kappa shape index (κ3) is 3.78. The molecule has 3 aromatic rings. The number of hydrogen-bond acceptors (Lipinski definition) is 5. The van der Waals surface area contributed by atoms with E-state index >= 15 is 0 Å². The lowest BCUT2D eigenvalue weighted by Gasteiger charge is -2.43. The number of piperazine rings is 1. The van der Waals surface area contributed by atoms with Gasteiger partial charge in [0, 0.05) is 32.7 Å². The second-order valence-electron chi connectivity index (χ2n) is 7.94. The second kappa shape index (κ2) is 8.45. The molecule has 30 heavy (non-hydrogen) atoms. The van der Waals surface area contributed by atoms with Crippen molar-refractivity contribution in [1.29, 1.82) is 0 Å². The summed E-state index contributed by atoms with van der Waals surface area (Å²) in [5, 5.41) is 3.01. The molecule has 3 heterocycles. The van der Waals surface area contributed by atoms with Gasteiger partial charge < -0.3 is 15.0 Å². The number of aromatic nitrogens is 2. The van der Waals surface area contributed by atoms with E-state index in [0.717, 1.165) is 62.5 Å². The average Bonchev–Trinajstić information content (AvgIpc) is 3.18. The first kappa shape index (κ1) is 19.1. The molecule has 1 amide bonds. The monoisotopic (exact) mass is 405 g/mol. The van der Waals surface area contributed by atoms with Crippen molar-refractivity contribution in [3.8, 4) is 0 Å². The van der Waals surface area contributed by atoms with Crippen LogP contribution in [-0.4, -0.2) is 72.5 Å². The highest BCUT2D eigenvalue weighted by Gasteiger charge is 2.29. The number of nitrogens with one attached hydrogen (secondary N) is 1. The van der Waals surface area contributed by atoms with Gasteiger partial charge in [0.1, 0.15) is 11.8 Å². The number of rotatable bonds is 5. The van der Waals surface area contributed by atoms with Crippen LogP contribution in [0.2, 0.25) is 0 Å². The zero-order chi connectivity index (χ0) is 20.3. The number of carbonyl (C=O) groups is 1. The highest BCUT2D eigenvalue weighted by atomic mass is 16.5. The predicted octanol–water partition coefficient (Wildman–Crippen LogP) is 2.36. The average molecular weight is 406 g/mol. The van der Waals surface area contributed by atoms with Crippen LogP contribution in [0.4, 0.5) is 10.5 Å². The molecule has 156 valence electrons. The van der Waals surface area contributed by atoms with E-state index in [2.05, 4.69) is 38.3 Å². The molecule has 2 aliphatic rings. The molecule has 0 aliphatic carbocycles. The number of imidazole rings is 1. The van der Waals surface area contributed by atoms with Gasteiger partial charge in [0.25, 0.3) is 0 Å². The van der Waals surface area contributed by atoms with E-state index in [1.165, 1.54) is 5.56 Å². The summed E-state index contributed by atoms with van der Waals surface area (Å²) >= 11 is 0. The molecule has 0 spiro atoms. The van der Waals surface area contributed by atoms with Crippen LogP contribution in [0.25, 0.3) is 11.0 Å². The third-order valence-corrected chi connectivity index (χ3v) is 6.10. The van der Waals surface area contributed by atoms with Crippen LogP contribution in [0.15, 0.2) is 54.9 Å². The summed E-state index contributed by atoms with van der Waals surface area (Å²) in [7, 11) is 0. The molecule has 2 aliphatic heterocycles. The van der Waals surface area contributed by atoms with Gasteiger partial charge in [0.2, 0.25) is 0 Å². The van der Waals surface area contributed by atoms with Gasteiger partial charge in [-0.2, -0.15) is 0 Å². The summed E-state index contributed by atoms with van der Waals surface area (Å²) in [4.78, 5) is 22.2. The molecule has 0 saturated carbocycles. The van der Waals surface area contributed by atoms with Crippen molar-refractivity contribution in [2.45, 2.75) is 12.5 Å². The molecular formula is C23H27N5O2. The Bertz CT molecular complexity index is 1010. The molecule has 7 heteroatoms. The molecule has 0 unspecified atom stereocenters. The minimum Gasteiger partial charge on any atom is -0.378 e. The van der Waals surface area contributed by atoms with Crippen LogP contribution in [0.5, 0.6) is 0 Å². The van der Waals surface area contributed by atoms with Crippen molar-refractivity contribution in [2.24, 2.45) is 0 Å². The van der Waals surface area contributed by atoms with Gasteiger partial charge in [-0.1, -0.05) is 36.4 Å². The Labute approximate surface area is 176 Å². The van der Waals surface area contributed by atoms with E-state index in [0.29, 0.717) is 12.6 Å². The smallest absolute Gasteiger partial charge is 0.327 e. The molecule has 2 aromatic carbocycles. The standard InChI is InChI=1S/C23H27N5O2/c29-23(24-10-9-18-5-2-1-3-6-18)28-17-25-22-20(7-4-8-21(22)28)27-13-11-26(12-14-27)19-15-30-16-19/h1-8,17,19H,9-16H2,(H,24,29). The van der Waals surface area contributed by atoms with Gasteiger partial charge in [0.05, 0.1) is 30.5 Å². The van der Waals surface area contributed by atoms with Gasteiger partial charge in [-0.15, -0.1) is 0 Å². The van der Waals surface area contributed by atoms with Gasteiger partial charge in [-0.3, -0.25) is 9.47 Å². The number of fused-ring (bicyclic) bond motifs is 1. The number of carbonyl (C=O) groups excluding carboxylic acids is 1. The van der Waals surface area contributed by atoms with E-state index in [4.69, 9.17) is 4.74 Å². The van der Waals surface area contributed by atoms with Crippen molar-refractivity contribution >= 4 is 22.8 Å². The van der Waals surface area contributed by atoms with Crippen molar-refractivity contribution in [3.05, 3.63) is 60.4 Å². The van der Waals surface area contributed by atoms with Gasteiger partial charge in [-0.05, 0) is 24.1 Å². The molecule has 7 nitrogen and oxygen atoms in total. The third-order valence-electron chi connectivity index (χ3n) is 6.10. The normalized spacial score (nSPS) is 17.8. The Morgan fingerprint density at radius 1 is 1.03 bits per heavy atom. The van der Waals surface area contributed by atoms with Crippen LogP contribution in [0.3, 0.4) is 0 Å². The zero-order valence-corrected chi connectivity index (χ0v) is 17.0.